The number of carbonyl (C=O) groups excluding carboxylic acids is 1. The van der Waals surface area contributed by atoms with Crippen LogP contribution in [-0.2, 0) is 24.4 Å². The Bertz CT molecular complexity index is 1750. The first kappa shape index (κ1) is 37.2. The van der Waals surface area contributed by atoms with Gasteiger partial charge in [0.05, 0.1) is 34.0 Å². The van der Waals surface area contributed by atoms with E-state index in [1.165, 1.54) is 20.3 Å². The molecule has 10 nitrogen and oxygen atoms in total. The van der Waals surface area contributed by atoms with Gasteiger partial charge in [-0.3, -0.25) is 9.78 Å². The lowest BCUT2D eigenvalue weighted by molar-refractivity contribution is 0.102. The molecular formula is C38H45FN4O6. The summed E-state index contributed by atoms with van der Waals surface area (Å²) < 4.78 is 32.3. The van der Waals surface area contributed by atoms with Crippen molar-refractivity contribution >= 4 is 23.5 Å². The van der Waals surface area contributed by atoms with E-state index in [2.05, 4.69) is 20.9 Å². The van der Waals surface area contributed by atoms with E-state index in [1.807, 2.05) is 50.2 Å². The molecule has 0 radical (unpaired) electrons. The van der Waals surface area contributed by atoms with Gasteiger partial charge in [0.1, 0.15) is 23.0 Å². The normalized spacial score (nSPS) is 11.5. The number of anilines is 1. The lowest BCUT2D eigenvalue weighted by Crippen LogP contribution is -2.20. The predicted molar refractivity (Wildman–Crippen MR) is 190 cm³/mol. The van der Waals surface area contributed by atoms with E-state index in [9.17, 15) is 4.79 Å². The molecular weight excluding hydrogens is 627 g/mol. The Kier molecular flexibility index (Phi) is 13.8. The average molecular weight is 673 g/mol. The number of methoxy groups -OCH3 is 3. The quantitative estimate of drug-likeness (QED) is 0.0737. The molecule has 0 spiro atoms. The van der Waals surface area contributed by atoms with Crippen molar-refractivity contribution in [2.24, 2.45) is 0 Å². The number of nitrogens with zero attached hydrogens (tertiary/aromatic N) is 1. The monoisotopic (exact) mass is 672 g/mol. The van der Waals surface area contributed by atoms with Gasteiger partial charge in [-0.25, -0.2) is 4.39 Å². The second-order valence-electron chi connectivity index (χ2n) is 11.4. The smallest absolute Gasteiger partial charge is 0.274 e. The van der Waals surface area contributed by atoms with E-state index in [0.717, 1.165) is 38.9 Å². The molecule has 1 amide bonds. The van der Waals surface area contributed by atoms with E-state index in [1.54, 1.807) is 31.5 Å². The summed E-state index contributed by atoms with van der Waals surface area (Å²) in [4.78, 5) is 17.7. The minimum atomic E-state index is -0.458. The number of carbonyl (C=O) groups is 1. The molecule has 4 rings (SSSR count). The molecule has 11 heteroatoms. The third-order valence-electron chi connectivity index (χ3n) is 8.22. The van der Waals surface area contributed by atoms with Crippen LogP contribution in [0.2, 0.25) is 0 Å². The van der Waals surface area contributed by atoms with Crippen LogP contribution < -0.4 is 25.4 Å². The van der Waals surface area contributed by atoms with Crippen LogP contribution in [0.5, 0.6) is 11.5 Å². The Morgan fingerprint density at radius 1 is 0.857 bits per heavy atom. The third-order valence-corrected chi connectivity index (χ3v) is 8.22. The molecule has 0 aliphatic carbocycles. The van der Waals surface area contributed by atoms with Gasteiger partial charge in [-0.2, -0.15) is 0 Å². The molecule has 1 aromatic heterocycles. The predicted octanol–water partition coefficient (Wildman–Crippen LogP) is 5.41. The van der Waals surface area contributed by atoms with E-state index >= 15 is 4.39 Å². The minimum absolute atomic E-state index is 0.00901. The second kappa shape index (κ2) is 18.2. The molecule has 260 valence electrons. The first-order chi connectivity index (χ1) is 23.8. The Balaban J connectivity index is 1.61. The topological polar surface area (TPSA) is 134 Å². The number of rotatable bonds is 17. The maximum Gasteiger partial charge on any atom is 0.274 e. The number of amides is 1. The van der Waals surface area contributed by atoms with Crippen molar-refractivity contribution in [1.29, 1.82) is 0 Å². The van der Waals surface area contributed by atoms with Crippen molar-refractivity contribution in [1.82, 2.24) is 15.6 Å². The fraction of sp³-hybridized carbons (Fsp3) is 0.316. The van der Waals surface area contributed by atoms with Gasteiger partial charge in [0, 0.05) is 56.3 Å². The lowest BCUT2D eigenvalue weighted by Gasteiger charge is -2.17. The number of aliphatic hydroxyl groups is 2. The van der Waals surface area contributed by atoms with Crippen LogP contribution in [0, 0.1) is 13.8 Å². The highest BCUT2D eigenvalue weighted by Gasteiger charge is 2.18. The maximum atomic E-state index is 15.9. The van der Waals surface area contributed by atoms with Gasteiger partial charge >= 0.3 is 0 Å². The number of pyridine rings is 1. The Labute approximate surface area is 287 Å². The zero-order chi connectivity index (χ0) is 35.3. The zero-order valence-electron chi connectivity index (χ0n) is 28.7. The van der Waals surface area contributed by atoms with Crippen molar-refractivity contribution in [2.75, 3.05) is 52.9 Å². The summed E-state index contributed by atoms with van der Waals surface area (Å²) in [6.07, 6.45) is 3.14. The fourth-order valence-corrected chi connectivity index (χ4v) is 5.56. The van der Waals surface area contributed by atoms with Crippen molar-refractivity contribution < 1.29 is 33.6 Å². The van der Waals surface area contributed by atoms with Crippen molar-refractivity contribution in [2.45, 2.75) is 33.5 Å². The minimum Gasteiger partial charge on any atom is -0.496 e. The summed E-state index contributed by atoms with van der Waals surface area (Å²) in [5.74, 6) is 0.128. The summed E-state index contributed by atoms with van der Waals surface area (Å²) in [6.45, 7) is 5.93. The molecule has 0 saturated carbocycles. The summed E-state index contributed by atoms with van der Waals surface area (Å²) in [5, 5.41) is 27.4. The highest BCUT2D eigenvalue weighted by molar-refractivity contribution is 6.04. The number of ether oxygens (including phenoxy) is 3. The van der Waals surface area contributed by atoms with Gasteiger partial charge in [0.2, 0.25) is 0 Å². The standard InChI is InChI=1S/C38H45FN4O6/c1-24-26(16-33(39)27-18-36(48-4)32(22-41-13-15-45)37(19-27)49-5)8-6-9-30(24)31-10-7-11-34(25(31)2)43-38(46)35-17-28(23-47-3)29(21-42-35)20-40-12-14-44/h6-11,16-19,21,40-41,44-45H,12-15,20,22-23H2,1-5H3,(H,43,46)/b33-16-. The molecule has 4 aromatic rings. The van der Waals surface area contributed by atoms with Crippen LogP contribution in [0.4, 0.5) is 10.1 Å². The van der Waals surface area contributed by atoms with E-state index < -0.39 is 5.83 Å². The van der Waals surface area contributed by atoms with Gasteiger partial charge in [0.15, 0.2) is 0 Å². The number of hydrogen-bond acceptors (Lipinski definition) is 9. The molecule has 0 fully saturated rings. The van der Waals surface area contributed by atoms with Crippen LogP contribution in [0.15, 0.2) is 60.8 Å². The molecule has 0 bridgehead atoms. The van der Waals surface area contributed by atoms with E-state index in [0.29, 0.717) is 61.1 Å². The van der Waals surface area contributed by atoms with Crippen LogP contribution in [0.25, 0.3) is 23.0 Å². The van der Waals surface area contributed by atoms with Crippen LogP contribution in [-0.4, -0.2) is 68.7 Å². The summed E-state index contributed by atoms with van der Waals surface area (Å²) >= 11 is 0. The molecule has 1 heterocycles. The summed E-state index contributed by atoms with van der Waals surface area (Å²) in [7, 11) is 4.63. The van der Waals surface area contributed by atoms with Crippen LogP contribution in [0.3, 0.4) is 0 Å². The number of halogens is 1. The highest BCUT2D eigenvalue weighted by Crippen LogP contribution is 2.36. The number of hydrogen-bond donors (Lipinski definition) is 5. The SMILES string of the molecule is COCc1cc(C(=O)Nc2cccc(-c3cccc(/C=C(\F)c4cc(OC)c(CNCCO)c(OC)c4)c3C)c2C)ncc1CNCCO. The van der Waals surface area contributed by atoms with Crippen molar-refractivity contribution in [3.8, 4) is 22.6 Å². The Morgan fingerprint density at radius 3 is 2.12 bits per heavy atom. The Hall–Kier alpha value is -4.65. The maximum absolute atomic E-state index is 15.9. The number of aromatic nitrogens is 1. The lowest BCUT2D eigenvalue weighted by atomic mass is 9.92. The molecule has 49 heavy (non-hydrogen) atoms. The first-order valence-corrected chi connectivity index (χ1v) is 16.0. The van der Waals surface area contributed by atoms with Gasteiger partial charge in [-0.1, -0.05) is 30.3 Å². The highest BCUT2D eigenvalue weighted by atomic mass is 19.1. The largest absolute Gasteiger partial charge is 0.496 e. The van der Waals surface area contributed by atoms with Gasteiger partial charge in [-0.05, 0) is 83.1 Å². The number of aliphatic hydroxyl groups excluding tert-OH is 2. The van der Waals surface area contributed by atoms with Gasteiger partial charge in [0.25, 0.3) is 5.91 Å². The third kappa shape index (κ3) is 9.28. The molecule has 3 aromatic carbocycles. The summed E-state index contributed by atoms with van der Waals surface area (Å²) in [6, 6.07) is 16.4. The fourth-order valence-electron chi connectivity index (χ4n) is 5.56. The molecule has 0 aliphatic heterocycles. The van der Waals surface area contributed by atoms with Gasteiger partial charge in [-0.15, -0.1) is 0 Å². The summed E-state index contributed by atoms with van der Waals surface area (Å²) in [5.41, 5.74) is 7.83. The second-order valence-corrected chi connectivity index (χ2v) is 11.4. The molecule has 0 atom stereocenters. The molecule has 0 aliphatic rings. The van der Waals surface area contributed by atoms with Crippen LogP contribution in [0.1, 0.15) is 49.4 Å². The van der Waals surface area contributed by atoms with E-state index in [-0.39, 0.29) is 24.8 Å². The molecule has 5 N–H and O–H groups in total. The number of nitrogens with one attached hydrogen (secondary N) is 3. The Morgan fingerprint density at radius 2 is 1.49 bits per heavy atom. The molecule has 0 saturated heterocycles. The zero-order valence-corrected chi connectivity index (χ0v) is 28.7. The number of benzene rings is 3. The van der Waals surface area contributed by atoms with E-state index in [4.69, 9.17) is 24.4 Å². The first-order valence-electron chi connectivity index (χ1n) is 16.0. The van der Waals surface area contributed by atoms with Crippen LogP contribution >= 0.6 is 0 Å². The van der Waals surface area contributed by atoms with Crippen molar-refractivity contribution in [3.63, 3.8) is 0 Å². The average Bonchev–Trinajstić information content (AvgIpc) is 3.11. The molecule has 0 unspecified atom stereocenters. The van der Waals surface area contributed by atoms with Crippen molar-refractivity contribution in [3.05, 3.63) is 105 Å². The van der Waals surface area contributed by atoms with Gasteiger partial charge < -0.3 is 40.4 Å².